The predicted molar refractivity (Wildman–Crippen MR) is 115 cm³/mol. The molecule has 0 aromatic carbocycles. The molecule has 1 aliphatic heterocycles. The van der Waals surface area contributed by atoms with Crippen LogP contribution in [-0.4, -0.2) is 67.4 Å². The van der Waals surface area contributed by atoms with Crippen molar-refractivity contribution >= 4 is 29.2 Å². The molecule has 0 spiro atoms. The zero-order valence-corrected chi connectivity index (χ0v) is 18.5. The summed E-state index contributed by atoms with van der Waals surface area (Å²) in [5.74, 6) is 5.53. The molecule has 0 atom stereocenters. The fraction of sp³-hybridized carbons (Fsp3) is 0.550. The smallest absolute Gasteiger partial charge is 0.407 e. The lowest BCUT2D eigenvalue weighted by molar-refractivity contribution is -0.157. The summed E-state index contributed by atoms with van der Waals surface area (Å²) >= 11 is 0. The second-order valence-electron chi connectivity index (χ2n) is 8.35. The van der Waals surface area contributed by atoms with Crippen LogP contribution in [0.25, 0.3) is 11.2 Å². The molecule has 0 unspecified atom stereocenters. The molecule has 32 heavy (non-hydrogen) atoms. The largest absolute Gasteiger partial charge is 0.465 e. The van der Waals surface area contributed by atoms with E-state index in [0.717, 1.165) is 4.57 Å². The van der Waals surface area contributed by atoms with Crippen molar-refractivity contribution in [3.05, 3.63) is 20.8 Å². The average Bonchev–Trinajstić information content (AvgIpc) is 3.09. The van der Waals surface area contributed by atoms with E-state index in [-0.39, 0.29) is 30.8 Å². The highest BCUT2D eigenvalue weighted by Crippen LogP contribution is 2.20. The second-order valence-corrected chi connectivity index (χ2v) is 8.35. The molecule has 2 N–H and O–H groups in total. The highest BCUT2D eigenvalue weighted by Gasteiger charge is 2.27. The summed E-state index contributed by atoms with van der Waals surface area (Å²) in [5, 5.41) is 9.17. The van der Waals surface area contributed by atoms with Gasteiger partial charge in [0, 0.05) is 26.2 Å². The Kier molecular flexibility index (Phi) is 6.29. The number of imidazole rings is 1. The number of anilines is 1. The van der Waals surface area contributed by atoms with Gasteiger partial charge in [-0.1, -0.05) is 5.92 Å². The highest BCUT2D eigenvalue weighted by molar-refractivity contribution is 5.75. The number of aromatic nitrogens is 4. The van der Waals surface area contributed by atoms with Crippen LogP contribution in [0.3, 0.4) is 0 Å². The SMILES string of the molecule is CC#CCn1c(N2CCN(C(=O)O)CC2)nc2[nH]c(=O)n(COC(=O)C(C)(C)C)c(=O)c21. The molecule has 3 rings (SSSR count). The van der Waals surface area contributed by atoms with Crippen LogP contribution < -0.4 is 16.1 Å². The quantitative estimate of drug-likeness (QED) is 0.503. The molecule has 0 radical (unpaired) electrons. The van der Waals surface area contributed by atoms with Crippen molar-refractivity contribution in [2.24, 2.45) is 5.41 Å². The number of hydrogen-bond donors (Lipinski definition) is 2. The Morgan fingerprint density at radius 1 is 1.16 bits per heavy atom. The number of amides is 1. The molecule has 0 bridgehead atoms. The average molecular weight is 446 g/mol. The summed E-state index contributed by atoms with van der Waals surface area (Å²) in [6.45, 7) is 7.58. The van der Waals surface area contributed by atoms with Gasteiger partial charge in [0.2, 0.25) is 5.95 Å². The van der Waals surface area contributed by atoms with Gasteiger partial charge in [0.15, 0.2) is 17.9 Å². The molecule has 0 aliphatic carbocycles. The third kappa shape index (κ3) is 4.46. The number of nitrogens with one attached hydrogen (secondary N) is 1. The lowest BCUT2D eigenvalue weighted by Crippen LogP contribution is -2.49. The van der Waals surface area contributed by atoms with Crippen LogP contribution in [-0.2, 0) is 22.8 Å². The number of rotatable bonds is 4. The van der Waals surface area contributed by atoms with E-state index in [0.29, 0.717) is 19.0 Å². The fourth-order valence-electron chi connectivity index (χ4n) is 3.24. The van der Waals surface area contributed by atoms with E-state index in [1.54, 1.807) is 32.3 Å². The molecule has 1 fully saturated rings. The number of carboxylic acid groups (broad SMARTS) is 1. The van der Waals surface area contributed by atoms with Crippen molar-refractivity contribution < 1.29 is 19.4 Å². The van der Waals surface area contributed by atoms with Crippen molar-refractivity contribution in [1.29, 1.82) is 0 Å². The third-order valence-corrected chi connectivity index (χ3v) is 5.05. The number of carbonyl (C=O) groups excluding carboxylic acids is 1. The van der Waals surface area contributed by atoms with Gasteiger partial charge >= 0.3 is 17.8 Å². The Balaban J connectivity index is 2.03. The van der Waals surface area contributed by atoms with Crippen LogP contribution in [0.4, 0.5) is 10.7 Å². The van der Waals surface area contributed by atoms with Gasteiger partial charge in [-0.15, -0.1) is 5.92 Å². The minimum Gasteiger partial charge on any atom is -0.465 e. The first kappa shape index (κ1) is 22.9. The summed E-state index contributed by atoms with van der Waals surface area (Å²) in [5.41, 5.74) is -1.99. The highest BCUT2D eigenvalue weighted by atomic mass is 16.5. The number of ether oxygens (including phenoxy) is 1. The van der Waals surface area contributed by atoms with Crippen molar-refractivity contribution in [2.45, 2.75) is 41.0 Å². The Hall–Kier alpha value is -3.75. The van der Waals surface area contributed by atoms with Crippen LogP contribution in [0, 0.1) is 17.3 Å². The summed E-state index contributed by atoms with van der Waals surface area (Å²) in [6.07, 6.45) is -0.993. The number of carbonyl (C=O) groups is 2. The first-order chi connectivity index (χ1) is 15.0. The molecular formula is C20H26N6O6. The zero-order chi connectivity index (χ0) is 23.6. The third-order valence-electron chi connectivity index (χ3n) is 5.05. The summed E-state index contributed by atoms with van der Waals surface area (Å²) in [7, 11) is 0. The molecule has 3 heterocycles. The Morgan fingerprint density at radius 3 is 2.38 bits per heavy atom. The van der Waals surface area contributed by atoms with Crippen LogP contribution in [0.2, 0.25) is 0 Å². The fourth-order valence-corrected chi connectivity index (χ4v) is 3.24. The van der Waals surface area contributed by atoms with E-state index in [1.165, 1.54) is 4.90 Å². The van der Waals surface area contributed by atoms with Crippen LogP contribution in [0.15, 0.2) is 9.59 Å². The Morgan fingerprint density at radius 2 is 1.81 bits per heavy atom. The topological polar surface area (TPSA) is 143 Å². The van der Waals surface area contributed by atoms with Gasteiger partial charge in [-0.2, -0.15) is 4.98 Å². The molecule has 172 valence electrons. The summed E-state index contributed by atoms with van der Waals surface area (Å²) in [4.78, 5) is 59.1. The summed E-state index contributed by atoms with van der Waals surface area (Å²) in [6, 6.07) is 0. The number of H-pyrrole nitrogens is 1. The predicted octanol–water partition coefficient (Wildman–Crippen LogP) is 0.256. The maximum Gasteiger partial charge on any atom is 0.407 e. The first-order valence-electron chi connectivity index (χ1n) is 10.1. The first-order valence-corrected chi connectivity index (χ1v) is 10.1. The summed E-state index contributed by atoms with van der Waals surface area (Å²) < 4.78 is 7.54. The number of piperazine rings is 1. The Labute approximate surface area is 183 Å². The van der Waals surface area contributed by atoms with Gasteiger partial charge in [0.05, 0.1) is 12.0 Å². The molecule has 2 aromatic rings. The maximum atomic E-state index is 13.2. The van der Waals surface area contributed by atoms with E-state index in [2.05, 4.69) is 21.8 Å². The van der Waals surface area contributed by atoms with Crippen LogP contribution in [0.1, 0.15) is 27.7 Å². The molecule has 1 saturated heterocycles. The number of esters is 1. The molecular weight excluding hydrogens is 420 g/mol. The van der Waals surface area contributed by atoms with Crippen molar-refractivity contribution in [3.63, 3.8) is 0 Å². The molecule has 12 heteroatoms. The minimum absolute atomic E-state index is 0.0898. The standard InChI is InChI=1S/C20H26N6O6/c1-5-6-7-25-13-14(21-17(25)23-8-10-24(11-9-23)19(30)31)22-18(29)26(15(13)27)12-32-16(28)20(2,3)4/h7-12H2,1-4H3,(H,22,29)(H,30,31). The normalized spacial score (nSPS) is 14.2. The number of hydrogen-bond acceptors (Lipinski definition) is 7. The van der Waals surface area contributed by atoms with E-state index < -0.39 is 35.5 Å². The monoisotopic (exact) mass is 446 g/mol. The van der Waals surface area contributed by atoms with Gasteiger partial charge in [-0.25, -0.2) is 14.2 Å². The number of nitrogens with zero attached hydrogens (tertiary/aromatic N) is 5. The van der Waals surface area contributed by atoms with Crippen molar-refractivity contribution in [2.75, 3.05) is 31.1 Å². The zero-order valence-electron chi connectivity index (χ0n) is 18.5. The van der Waals surface area contributed by atoms with Crippen LogP contribution in [0.5, 0.6) is 0 Å². The molecule has 2 aromatic heterocycles. The molecule has 1 amide bonds. The lowest BCUT2D eigenvalue weighted by Gasteiger charge is -2.33. The van der Waals surface area contributed by atoms with E-state index in [9.17, 15) is 19.2 Å². The van der Waals surface area contributed by atoms with Gasteiger partial charge in [0.1, 0.15) is 0 Å². The van der Waals surface area contributed by atoms with Gasteiger partial charge in [-0.3, -0.25) is 19.1 Å². The minimum atomic E-state index is -0.993. The number of fused-ring (bicyclic) bond motifs is 1. The molecule has 0 saturated carbocycles. The maximum absolute atomic E-state index is 13.2. The second kappa shape index (κ2) is 8.78. The number of aromatic amines is 1. The van der Waals surface area contributed by atoms with Crippen molar-refractivity contribution in [1.82, 2.24) is 24.0 Å². The van der Waals surface area contributed by atoms with E-state index in [1.807, 2.05) is 4.90 Å². The van der Waals surface area contributed by atoms with Gasteiger partial charge in [-0.05, 0) is 27.7 Å². The van der Waals surface area contributed by atoms with E-state index in [4.69, 9.17) is 9.84 Å². The Bertz CT molecular complexity index is 1210. The van der Waals surface area contributed by atoms with E-state index >= 15 is 0 Å². The molecule has 1 aliphatic rings. The van der Waals surface area contributed by atoms with Crippen molar-refractivity contribution in [3.8, 4) is 11.8 Å². The van der Waals surface area contributed by atoms with Gasteiger partial charge in [0.25, 0.3) is 5.56 Å². The lowest BCUT2D eigenvalue weighted by atomic mass is 9.98. The van der Waals surface area contributed by atoms with Gasteiger partial charge < -0.3 is 19.6 Å². The van der Waals surface area contributed by atoms with Crippen LogP contribution >= 0.6 is 0 Å². The molecule has 12 nitrogen and oxygen atoms in total.